The Bertz CT molecular complexity index is 890. The second-order valence-corrected chi connectivity index (χ2v) is 7.94. The molecule has 0 saturated heterocycles. The molecule has 2 N–H and O–H groups in total. The van der Waals surface area contributed by atoms with Crippen molar-refractivity contribution < 1.29 is 19.0 Å². The number of aryl methyl sites for hydroxylation is 1. The number of hydrogen-bond donors (Lipinski definition) is 2. The van der Waals surface area contributed by atoms with Gasteiger partial charge in [-0.2, -0.15) is 0 Å². The van der Waals surface area contributed by atoms with E-state index in [1.165, 1.54) is 6.07 Å². The van der Waals surface area contributed by atoms with Crippen LogP contribution in [0.3, 0.4) is 0 Å². The lowest BCUT2D eigenvalue weighted by atomic mass is 9.98. The van der Waals surface area contributed by atoms with Crippen molar-refractivity contribution in [1.29, 1.82) is 0 Å². The van der Waals surface area contributed by atoms with Crippen molar-refractivity contribution in [3.63, 3.8) is 0 Å². The number of fused-ring (bicyclic) bond motifs is 1. The molecule has 0 atom stereocenters. The average Bonchev–Trinajstić information content (AvgIpc) is 2.88. The predicted octanol–water partition coefficient (Wildman–Crippen LogP) is 4.79. The second kappa shape index (κ2) is 7.22. The van der Waals surface area contributed by atoms with Crippen LogP contribution in [0.5, 0.6) is 5.75 Å². The summed E-state index contributed by atoms with van der Waals surface area (Å²) in [5.41, 5.74) is 5.70. The van der Waals surface area contributed by atoms with Crippen LogP contribution in [0.1, 0.15) is 48.1 Å². The Hall–Kier alpha value is -2.56. The maximum Gasteiger partial charge on any atom is 0.303 e. The lowest BCUT2D eigenvalue weighted by molar-refractivity contribution is -0.136. The van der Waals surface area contributed by atoms with E-state index in [1.807, 2.05) is 26.0 Å². The zero-order chi connectivity index (χ0) is 19.8. The number of halogens is 1. The lowest BCUT2D eigenvalue weighted by Crippen LogP contribution is -2.27. The standard InChI is InChI=1S/C22H26FNO3/c1-13-14(2)19(7-5-15(13)6-8-20(25)26)27-12-17-10-18(23)9-16-11-22(3,4)24-21(16)17/h5,7,9-10,24H,6,8,11-12H2,1-4H3,(H,25,26). The molecule has 144 valence electrons. The van der Waals surface area contributed by atoms with E-state index in [0.29, 0.717) is 6.42 Å². The van der Waals surface area contributed by atoms with Gasteiger partial charge in [0.1, 0.15) is 18.2 Å². The van der Waals surface area contributed by atoms with Gasteiger partial charge in [0.15, 0.2) is 0 Å². The molecule has 0 bridgehead atoms. The van der Waals surface area contributed by atoms with Crippen molar-refractivity contribution in [3.05, 3.63) is 57.9 Å². The monoisotopic (exact) mass is 371 g/mol. The summed E-state index contributed by atoms with van der Waals surface area (Å²) >= 11 is 0. The van der Waals surface area contributed by atoms with Gasteiger partial charge in [-0.25, -0.2) is 4.39 Å². The average molecular weight is 371 g/mol. The summed E-state index contributed by atoms with van der Waals surface area (Å²) < 4.78 is 20.0. The molecule has 0 amide bonds. The maximum atomic E-state index is 14.0. The first-order valence-corrected chi connectivity index (χ1v) is 9.19. The number of ether oxygens (including phenoxy) is 1. The number of rotatable bonds is 6. The van der Waals surface area contributed by atoms with E-state index in [2.05, 4.69) is 19.2 Å². The number of carbonyl (C=O) groups is 1. The van der Waals surface area contributed by atoms with Crippen molar-refractivity contribution in [2.24, 2.45) is 0 Å². The fourth-order valence-electron chi connectivity index (χ4n) is 3.67. The number of hydrogen-bond acceptors (Lipinski definition) is 3. The highest BCUT2D eigenvalue weighted by Gasteiger charge is 2.30. The molecule has 0 aliphatic carbocycles. The van der Waals surface area contributed by atoms with Crippen molar-refractivity contribution in [3.8, 4) is 5.75 Å². The van der Waals surface area contributed by atoms with Gasteiger partial charge in [0, 0.05) is 23.2 Å². The molecule has 2 aromatic rings. The van der Waals surface area contributed by atoms with Crippen LogP contribution in [-0.2, 0) is 24.2 Å². The molecule has 27 heavy (non-hydrogen) atoms. The molecule has 4 nitrogen and oxygen atoms in total. The third-order valence-corrected chi connectivity index (χ3v) is 5.20. The number of anilines is 1. The van der Waals surface area contributed by atoms with E-state index in [4.69, 9.17) is 9.84 Å². The van der Waals surface area contributed by atoms with E-state index in [0.717, 1.165) is 45.7 Å². The van der Waals surface area contributed by atoms with Crippen molar-refractivity contribution in [2.45, 2.75) is 59.1 Å². The van der Waals surface area contributed by atoms with Crippen LogP contribution in [0.2, 0.25) is 0 Å². The Balaban J connectivity index is 1.79. The molecule has 1 aliphatic heterocycles. The Kier molecular flexibility index (Phi) is 5.13. The quantitative estimate of drug-likeness (QED) is 0.767. The summed E-state index contributed by atoms with van der Waals surface area (Å²) in [5, 5.41) is 12.3. The van der Waals surface area contributed by atoms with Gasteiger partial charge in [-0.1, -0.05) is 6.07 Å². The van der Waals surface area contributed by atoms with Gasteiger partial charge in [-0.05, 0) is 81.0 Å². The molecule has 0 saturated carbocycles. The van der Waals surface area contributed by atoms with E-state index in [-0.39, 0.29) is 24.4 Å². The molecule has 2 aromatic carbocycles. The largest absolute Gasteiger partial charge is 0.489 e. The Morgan fingerprint density at radius 1 is 1.22 bits per heavy atom. The summed E-state index contributed by atoms with van der Waals surface area (Å²) in [6.45, 7) is 8.41. The molecule has 5 heteroatoms. The summed E-state index contributed by atoms with van der Waals surface area (Å²) in [7, 11) is 0. The second-order valence-electron chi connectivity index (χ2n) is 7.94. The molecule has 0 aromatic heterocycles. The molecule has 0 radical (unpaired) electrons. The van der Waals surface area contributed by atoms with Crippen molar-refractivity contribution in [2.75, 3.05) is 5.32 Å². The molecular formula is C22H26FNO3. The molecular weight excluding hydrogens is 345 g/mol. The SMILES string of the molecule is Cc1c(CCC(=O)O)ccc(OCc2cc(F)cc3c2NC(C)(C)C3)c1C. The predicted molar refractivity (Wildman–Crippen MR) is 104 cm³/mol. The minimum absolute atomic E-state index is 0.0941. The van der Waals surface area contributed by atoms with Gasteiger partial charge in [0.05, 0.1) is 0 Å². The van der Waals surface area contributed by atoms with E-state index in [9.17, 15) is 9.18 Å². The fourth-order valence-corrected chi connectivity index (χ4v) is 3.67. The highest BCUT2D eigenvalue weighted by molar-refractivity contribution is 5.67. The highest BCUT2D eigenvalue weighted by Crippen LogP contribution is 2.36. The number of carboxylic acids is 1. The highest BCUT2D eigenvalue weighted by atomic mass is 19.1. The van der Waals surface area contributed by atoms with Crippen LogP contribution in [0, 0.1) is 19.7 Å². The first kappa shape index (κ1) is 19.2. The van der Waals surface area contributed by atoms with Crippen molar-refractivity contribution >= 4 is 11.7 Å². The summed E-state index contributed by atoms with van der Waals surface area (Å²) in [6.07, 6.45) is 1.39. The van der Waals surface area contributed by atoms with Crippen LogP contribution in [0.4, 0.5) is 10.1 Å². The molecule has 0 spiro atoms. The van der Waals surface area contributed by atoms with Gasteiger partial charge in [-0.15, -0.1) is 0 Å². The lowest BCUT2D eigenvalue weighted by Gasteiger charge is -2.19. The first-order valence-electron chi connectivity index (χ1n) is 9.19. The maximum absolute atomic E-state index is 14.0. The summed E-state index contributed by atoms with van der Waals surface area (Å²) in [6, 6.07) is 6.90. The van der Waals surface area contributed by atoms with Gasteiger partial charge in [0.2, 0.25) is 0 Å². The van der Waals surface area contributed by atoms with Crippen molar-refractivity contribution in [1.82, 2.24) is 0 Å². The van der Waals surface area contributed by atoms with E-state index < -0.39 is 5.97 Å². The molecule has 1 heterocycles. The molecule has 0 unspecified atom stereocenters. The zero-order valence-electron chi connectivity index (χ0n) is 16.3. The number of nitrogens with one attached hydrogen (secondary N) is 1. The number of benzene rings is 2. The minimum Gasteiger partial charge on any atom is -0.489 e. The van der Waals surface area contributed by atoms with Crippen LogP contribution >= 0.6 is 0 Å². The van der Waals surface area contributed by atoms with Crippen LogP contribution in [0.25, 0.3) is 0 Å². The third kappa shape index (κ3) is 4.24. The normalized spacial score (nSPS) is 14.6. The van der Waals surface area contributed by atoms with E-state index >= 15 is 0 Å². The Morgan fingerprint density at radius 3 is 2.67 bits per heavy atom. The Labute approximate surface area is 159 Å². The molecule has 1 aliphatic rings. The summed E-state index contributed by atoms with van der Waals surface area (Å²) in [4.78, 5) is 10.8. The fraction of sp³-hybridized carbons (Fsp3) is 0.409. The van der Waals surface area contributed by atoms with Gasteiger partial charge < -0.3 is 15.2 Å². The number of aliphatic carboxylic acids is 1. The minimum atomic E-state index is -0.803. The van der Waals surface area contributed by atoms with Gasteiger partial charge in [0.25, 0.3) is 0 Å². The molecule has 0 fully saturated rings. The number of carboxylic acid groups (broad SMARTS) is 1. The molecule has 3 rings (SSSR count). The van der Waals surface area contributed by atoms with Crippen LogP contribution < -0.4 is 10.1 Å². The topological polar surface area (TPSA) is 58.6 Å². The van der Waals surface area contributed by atoms with E-state index in [1.54, 1.807) is 6.07 Å². The van der Waals surface area contributed by atoms with Gasteiger partial charge in [-0.3, -0.25) is 4.79 Å². The van der Waals surface area contributed by atoms with Gasteiger partial charge >= 0.3 is 5.97 Å². The summed E-state index contributed by atoms with van der Waals surface area (Å²) in [5.74, 6) is -0.312. The van der Waals surface area contributed by atoms with Crippen LogP contribution in [0.15, 0.2) is 24.3 Å². The smallest absolute Gasteiger partial charge is 0.303 e. The van der Waals surface area contributed by atoms with Crippen LogP contribution in [-0.4, -0.2) is 16.6 Å². The third-order valence-electron chi connectivity index (χ3n) is 5.20. The first-order chi connectivity index (χ1) is 12.7. The Morgan fingerprint density at radius 2 is 1.96 bits per heavy atom. The zero-order valence-corrected chi connectivity index (χ0v) is 16.3.